The minimum Gasteiger partial charge on any atom is -0.376 e. The number of hydrogen-bond donors (Lipinski definition) is 4. The first kappa shape index (κ1) is 8.76. The maximum Gasteiger partial charge on any atom is 0.323 e. The molecule has 1 heterocycles. The third-order valence-electron chi connectivity index (χ3n) is 1.78. The van der Waals surface area contributed by atoms with Crippen molar-refractivity contribution in [2.75, 3.05) is 5.32 Å². The second-order valence-electron chi connectivity index (χ2n) is 2.83. The molecule has 0 atom stereocenters. The summed E-state index contributed by atoms with van der Waals surface area (Å²) < 4.78 is 0. The maximum absolute atomic E-state index is 10.9. The molecule has 0 saturated carbocycles. The van der Waals surface area contributed by atoms with Gasteiger partial charge in [0, 0.05) is 5.69 Å². The lowest BCUT2D eigenvalue weighted by Gasteiger charge is -2.02. The van der Waals surface area contributed by atoms with Crippen molar-refractivity contribution in [3.63, 3.8) is 0 Å². The molecule has 0 fully saturated rings. The summed E-state index contributed by atoms with van der Waals surface area (Å²) in [5, 5.41) is 2.98. The van der Waals surface area contributed by atoms with Crippen LogP contribution in [-0.2, 0) is 0 Å². The zero-order valence-corrected chi connectivity index (χ0v) is 7.94. The molecule has 5 nitrogen and oxygen atoms in total. The van der Waals surface area contributed by atoms with Gasteiger partial charge in [-0.05, 0) is 30.4 Å². The Morgan fingerprint density at radius 1 is 1.36 bits per heavy atom. The number of anilines is 1. The van der Waals surface area contributed by atoms with Gasteiger partial charge in [0.2, 0.25) is 0 Å². The van der Waals surface area contributed by atoms with Crippen LogP contribution in [0.15, 0.2) is 23.0 Å². The molecule has 0 aliphatic rings. The van der Waals surface area contributed by atoms with E-state index in [1.54, 1.807) is 18.2 Å². The van der Waals surface area contributed by atoms with Crippen LogP contribution >= 0.6 is 12.2 Å². The highest BCUT2D eigenvalue weighted by Crippen LogP contribution is 2.13. The normalized spacial score (nSPS) is 10.3. The molecular weight excluding hydrogens is 200 g/mol. The highest BCUT2D eigenvalue weighted by molar-refractivity contribution is 7.80. The number of H-pyrrole nitrogens is 2. The SMILES string of the molecule is NC(=S)Nc1ccc2[nH]c(=O)[nH]c2c1. The van der Waals surface area contributed by atoms with E-state index in [4.69, 9.17) is 18.0 Å². The van der Waals surface area contributed by atoms with Gasteiger partial charge in [0.1, 0.15) is 0 Å². The highest BCUT2D eigenvalue weighted by Gasteiger charge is 1.99. The summed E-state index contributed by atoms with van der Waals surface area (Å²) in [6.45, 7) is 0. The van der Waals surface area contributed by atoms with Crippen LogP contribution < -0.4 is 16.7 Å². The van der Waals surface area contributed by atoms with Crippen molar-refractivity contribution in [3.05, 3.63) is 28.7 Å². The zero-order valence-electron chi connectivity index (χ0n) is 7.13. The second kappa shape index (κ2) is 3.15. The first-order valence-corrected chi connectivity index (χ1v) is 4.34. The van der Waals surface area contributed by atoms with Crippen molar-refractivity contribution in [1.82, 2.24) is 9.97 Å². The predicted octanol–water partition coefficient (Wildman–Crippen LogP) is 0.512. The van der Waals surface area contributed by atoms with Gasteiger partial charge in [-0.15, -0.1) is 0 Å². The number of hydrogen-bond acceptors (Lipinski definition) is 2. The second-order valence-corrected chi connectivity index (χ2v) is 3.27. The van der Waals surface area contributed by atoms with E-state index < -0.39 is 0 Å². The molecule has 0 aliphatic carbocycles. The number of rotatable bonds is 1. The van der Waals surface area contributed by atoms with Gasteiger partial charge in [-0.1, -0.05) is 0 Å². The number of aromatic amines is 2. The van der Waals surface area contributed by atoms with E-state index in [0.717, 1.165) is 16.7 Å². The average molecular weight is 208 g/mol. The minimum atomic E-state index is -0.229. The van der Waals surface area contributed by atoms with Crippen LogP contribution in [0, 0.1) is 0 Å². The molecule has 1 aromatic heterocycles. The Morgan fingerprint density at radius 2 is 2.07 bits per heavy atom. The first-order chi connectivity index (χ1) is 6.65. The van der Waals surface area contributed by atoms with Crippen molar-refractivity contribution in [2.45, 2.75) is 0 Å². The predicted molar refractivity (Wildman–Crippen MR) is 59.3 cm³/mol. The van der Waals surface area contributed by atoms with Crippen molar-refractivity contribution >= 4 is 34.1 Å². The van der Waals surface area contributed by atoms with Gasteiger partial charge in [-0.2, -0.15) is 0 Å². The monoisotopic (exact) mass is 208 g/mol. The van der Waals surface area contributed by atoms with Gasteiger partial charge in [-0.25, -0.2) is 4.79 Å². The summed E-state index contributed by atoms with van der Waals surface area (Å²) in [6, 6.07) is 5.31. The molecule has 2 aromatic rings. The van der Waals surface area contributed by atoms with Crippen molar-refractivity contribution in [2.24, 2.45) is 5.73 Å². The number of aromatic nitrogens is 2. The Balaban J connectivity index is 2.50. The van der Waals surface area contributed by atoms with E-state index in [9.17, 15) is 4.79 Å². The summed E-state index contributed by atoms with van der Waals surface area (Å²) in [4.78, 5) is 16.2. The quantitative estimate of drug-likeness (QED) is 0.514. The van der Waals surface area contributed by atoms with E-state index >= 15 is 0 Å². The van der Waals surface area contributed by atoms with Gasteiger partial charge in [-0.3, -0.25) is 0 Å². The third kappa shape index (κ3) is 1.60. The Kier molecular flexibility index (Phi) is 1.97. The smallest absolute Gasteiger partial charge is 0.323 e. The molecule has 0 aliphatic heterocycles. The van der Waals surface area contributed by atoms with Crippen LogP contribution in [0.4, 0.5) is 5.69 Å². The standard InChI is InChI=1S/C8H8N4OS/c9-7(14)10-4-1-2-5-6(3-4)12-8(13)11-5/h1-3H,(H3,9,10,14)(H2,11,12,13). The van der Waals surface area contributed by atoms with E-state index in [-0.39, 0.29) is 10.8 Å². The molecule has 0 amide bonds. The minimum absolute atomic E-state index is 0.197. The topological polar surface area (TPSA) is 86.7 Å². The number of benzene rings is 1. The number of fused-ring (bicyclic) bond motifs is 1. The van der Waals surface area contributed by atoms with Crippen LogP contribution in [-0.4, -0.2) is 15.1 Å². The Bertz CT molecular complexity index is 542. The summed E-state index contributed by atoms with van der Waals surface area (Å²) in [5.74, 6) is 0. The van der Waals surface area contributed by atoms with Crippen LogP contribution in [0.2, 0.25) is 0 Å². The van der Waals surface area contributed by atoms with E-state index in [1.165, 1.54) is 0 Å². The lowest BCUT2D eigenvalue weighted by Crippen LogP contribution is -2.18. The van der Waals surface area contributed by atoms with E-state index in [1.807, 2.05) is 0 Å². The molecule has 6 heteroatoms. The summed E-state index contributed by atoms with van der Waals surface area (Å²) >= 11 is 4.69. The Morgan fingerprint density at radius 3 is 2.79 bits per heavy atom. The lowest BCUT2D eigenvalue weighted by atomic mass is 10.3. The average Bonchev–Trinajstić information content (AvgIpc) is 2.42. The number of nitrogens with two attached hydrogens (primary N) is 1. The van der Waals surface area contributed by atoms with Gasteiger partial charge >= 0.3 is 5.69 Å². The molecule has 0 bridgehead atoms. The van der Waals surface area contributed by atoms with E-state index in [0.29, 0.717) is 0 Å². The fourth-order valence-corrected chi connectivity index (χ4v) is 1.37. The fraction of sp³-hybridized carbons (Fsp3) is 0. The van der Waals surface area contributed by atoms with Gasteiger partial charge in [0.15, 0.2) is 5.11 Å². The third-order valence-corrected chi connectivity index (χ3v) is 1.89. The van der Waals surface area contributed by atoms with Gasteiger partial charge in [0.05, 0.1) is 11.0 Å². The molecule has 0 spiro atoms. The summed E-state index contributed by atoms with van der Waals surface area (Å²) in [7, 11) is 0. The summed E-state index contributed by atoms with van der Waals surface area (Å²) in [5.41, 5.74) is 7.31. The molecule has 14 heavy (non-hydrogen) atoms. The van der Waals surface area contributed by atoms with Crippen molar-refractivity contribution in [3.8, 4) is 0 Å². The van der Waals surface area contributed by atoms with Crippen molar-refractivity contribution in [1.29, 1.82) is 0 Å². The zero-order chi connectivity index (χ0) is 10.1. The van der Waals surface area contributed by atoms with Crippen LogP contribution in [0.3, 0.4) is 0 Å². The van der Waals surface area contributed by atoms with E-state index in [2.05, 4.69) is 15.3 Å². The molecule has 72 valence electrons. The highest BCUT2D eigenvalue weighted by atomic mass is 32.1. The van der Waals surface area contributed by atoms with Crippen molar-refractivity contribution < 1.29 is 0 Å². The van der Waals surface area contributed by atoms with Crippen LogP contribution in [0.5, 0.6) is 0 Å². The largest absolute Gasteiger partial charge is 0.376 e. The molecule has 5 N–H and O–H groups in total. The fourth-order valence-electron chi connectivity index (χ4n) is 1.25. The number of nitrogens with one attached hydrogen (secondary N) is 3. The van der Waals surface area contributed by atoms with Crippen LogP contribution in [0.1, 0.15) is 0 Å². The molecule has 1 aromatic carbocycles. The van der Waals surface area contributed by atoms with Gasteiger partial charge in [0.25, 0.3) is 0 Å². The lowest BCUT2D eigenvalue weighted by molar-refractivity contribution is 1.22. The molecular formula is C8H8N4OS. The summed E-state index contributed by atoms with van der Waals surface area (Å²) in [6.07, 6.45) is 0. The molecule has 0 unspecified atom stereocenters. The van der Waals surface area contributed by atoms with Gasteiger partial charge < -0.3 is 21.0 Å². The maximum atomic E-state index is 10.9. The Labute approximate surface area is 84.3 Å². The molecule has 0 radical (unpaired) electrons. The Hall–Kier alpha value is -1.82. The molecule has 0 saturated heterocycles. The van der Waals surface area contributed by atoms with Crippen LogP contribution in [0.25, 0.3) is 11.0 Å². The number of imidazole rings is 1. The first-order valence-electron chi connectivity index (χ1n) is 3.93. The number of thiocarbonyl (C=S) groups is 1. The molecule has 2 rings (SSSR count).